The van der Waals surface area contributed by atoms with Gasteiger partial charge in [-0.3, -0.25) is 9.69 Å². The van der Waals surface area contributed by atoms with E-state index in [1.165, 1.54) is 12.1 Å². The molecule has 2 aliphatic heterocycles. The number of halogens is 1. The zero-order valence-corrected chi connectivity index (χ0v) is 19.8. The van der Waals surface area contributed by atoms with Crippen molar-refractivity contribution in [1.82, 2.24) is 10.2 Å². The van der Waals surface area contributed by atoms with Crippen LogP contribution in [0.15, 0.2) is 49.1 Å². The third kappa shape index (κ3) is 2.97. The van der Waals surface area contributed by atoms with Crippen LogP contribution in [0.2, 0.25) is 0 Å². The molecule has 1 saturated carbocycles. The predicted octanol–water partition coefficient (Wildman–Crippen LogP) is 3.16. The number of ether oxygens (including phenoxy) is 1. The van der Waals surface area contributed by atoms with Crippen molar-refractivity contribution in [2.75, 3.05) is 13.1 Å². The second kappa shape index (κ2) is 7.80. The lowest BCUT2D eigenvalue weighted by molar-refractivity contribution is -0.190. The lowest BCUT2D eigenvalue weighted by atomic mass is 9.48. The molecule has 6 atom stereocenters. The maximum Gasteiger partial charge on any atom is 0.227 e. The van der Waals surface area contributed by atoms with Crippen LogP contribution in [-0.2, 0) is 16.6 Å². The second-order valence-corrected chi connectivity index (χ2v) is 10.6. The first-order chi connectivity index (χ1) is 16.8. The fourth-order valence-electron chi connectivity index (χ4n) is 7.40. The molecular formula is C28H31FN2O4. The Morgan fingerprint density at radius 1 is 1.37 bits per heavy atom. The number of nitrogens with one attached hydrogen (secondary N) is 1. The first-order valence-electron chi connectivity index (χ1n) is 12.5. The fraction of sp³-hybridized carbons (Fsp3) is 0.464. The number of likely N-dealkylation sites (tertiary alicyclic amines) is 1. The molecule has 4 aliphatic rings. The molecule has 1 spiro atoms. The normalized spacial score (nSPS) is 33.4. The van der Waals surface area contributed by atoms with Crippen LogP contribution in [0.4, 0.5) is 4.39 Å². The molecule has 3 unspecified atom stereocenters. The average molecular weight is 479 g/mol. The molecule has 7 heteroatoms. The number of carbonyl (C=O) groups excluding carboxylic acids is 1. The number of carbonyl (C=O) groups is 1. The predicted molar refractivity (Wildman–Crippen MR) is 129 cm³/mol. The lowest BCUT2D eigenvalue weighted by Gasteiger charge is -2.64. The Morgan fingerprint density at radius 3 is 2.97 bits per heavy atom. The molecule has 1 amide bonds. The molecule has 2 heterocycles. The molecule has 2 fully saturated rings. The van der Waals surface area contributed by atoms with E-state index in [1.807, 2.05) is 12.1 Å². The van der Waals surface area contributed by atoms with Crippen molar-refractivity contribution >= 4 is 5.91 Å². The Labute approximate surface area is 204 Å². The Balaban J connectivity index is 1.38. The summed E-state index contributed by atoms with van der Waals surface area (Å²) in [6.45, 7) is 7.14. The molecule has 2 aromatic rings. The highest BCUT2D eigenvalue weighted by Crippen LogP contribution is 2.65. The van der Waals surface area contributed by atoms with Gasteiger partial charge in [-0.05, 0) is 68.5 Å². The summed E-state index contributed by atoms with van der Waals surface area (Å²) >= 11 is 0. The van der Waals surface area contributed by atoms with Crippen LogP contribution in [0.5, 0.6) is 11.5 Å². The van der Waals surface area contributed by atoms with Gasteiger partial charge in [-0.25, -0.2) is 4.39 Å². The van der Waals surface area contributed by atoms with Crippen LogP contribution in [0.1, 0.15) is 48.8 Å². The highest BCUT2D eigenvalue weighted by molar-refractivity contribution is 5.83. The number of aliphatic hydroxyl groups is 1. The smallest absolute Gasteiger partial charge is 0.227 e. The summed E-state index contributed by atoms with van der Waals surface area (Å²) in [5.74, 6) is -0.602. The summed E-state index contributed by atoms with van der Waals surface area (Å²) in [5.41, 5.74) is 0.856. The summed E-state index contributed by atoms with van der Waals surface area (Å²) in [7, 11) is 0. The van der Waals surface area contributed by atoms with Gasteiger partial charge in [0.15, 0.2) is 11.5 Å². The molecule has 0 aromatic heterocycles. The Hall–Kier alpha value is -2.90. The van der Waals surface area contributed by atoms with Crippen molar-refractivity contribution in [3.05, 3.63) is 71.6 Å². The summed E-state index contributed by atoms with van der Waals surface area (Å²) in [6, 6.07) is 9.28. The number of benzene rings is 2. The largest absolute Gasteiger partial charge is 0.504 e. The zero-order chi connectivity index (χ0) is 24.5. The molecule has 184 valence electrons. The number of phenolic OH excluding ortho intramolecular Hbond substituents is 1. The third-order valence-corrected chi connectivity index (χ3v) is 9.01. The van der Waals surface area contributed by atoms with Gasteiger partial charge in [0.2, 0.25) is 5.91 Å². The molecule has 35 heavy (non-hydrogen) atoms. The number of hydrogen-bond donors (Lipinski definition) is 3. The van der Waals surface area contributed by atoms with E-state index in [9.17, 15) is 19.4 Å². The number of phenols is 1. The van der Waals surface area contributed by atoms with E-state index in [1.54, 1.807) is 25.1 Å². The zero-order valence-electron chi connectivity index (χ0n) is 19.8. The minimum Gasteiger partial charge on any atom is -0.504 e. The standard InChI is InChI=1S/C28H31FN2O4/c1-3-12-31-13-11-27-23-18-7-8-21(32)24(23)35-25(27)20(9-10-28(27,34)22(31)15-18)30-26(33)16(2)17-5-4-6-19(29)14-17/h3-8,14,16,20,22,25,32,34H,1,9-13,15H2,2H3,(H,30,33)/t16?,20?,22-,25?,27+,28-/m1/s1. The van der Waals surface area contributed by atoms with Crippen molar-refractivity contribution in [3.8, 4) is 11.5 Å². The van der Waals surface area contributed by atoms with Crippen LogP contribution in [-0.4, -0.2) is 57.9 Å². The first kappa shape index (κ1) is 22.6. The molecule has 1 saturated heterocycles. The molecule has 2 bridgehead atoms. The van der Waals surface area contributed by atoms with Gasteiger partial charge in [-0.15, -0.1) is 6.58 Å². The number of nitrogens with zero attached hydrogens (tertiary/aromatic N) is 1. The van der Waals surface area contributed by atoms with Gasteiger partial charge in [0, 0.05) is 18.2 Å². The van der Waals surface area contributed by atoms with Crippen molar-refractivity contribution in [2.24, 2.45) is 0 Å². The van der Waals surface area contributed by atoms with Gasteiger partial charge in [0.1, 0.15) is 11.9 Å². The van der Waals surface area contributed by atoms with Gasteiger partial charge in [0.25, 0.3) is 0 Å². The maximum absolute atomic E-state index is 13.8. The van der Waals surface area contributed by atoms with Gasteiger partial charge in [-0.2, -0.15) is 0 Å². The quantitative estimate of drug-likeness (QED) is 0.576. The third-order valence-electron chi connectivity index (χ3n) is 9.01. The highest BCUT2D eigenvalue weighted by atomic mass is 19.1. The van der Waals surface area contributed by atoms with Crippen molar-refractivity contribution in [3.63, 3.8) is 0 Å². The van der Waals surface area contributed by atoms with Gasteiger partial charge < -0.3 is 20.3 Å². The minimum atomic E-state index is -1.04. The molecule has 2 aliphatic carbocycles. The Bertz CT molecular complexity index is 1220. The van der Waals surface area contributed by atoms with Gasteiger partial charge >= 0.3 is 0 Å². The molecule has 6 nitrogen and oxygen atoms in total. The maximum atomic E-state index is 13.8. The van der Waals surface area contributed by atoms with Crippen LogP contribution in [0, 0.1) is 5.82 Å². The summed E-state index contributed by atoms with van der Waals surface area (Å²) in [6.07, 6.45) is 3.78. The van der Waals surface area contributed by atoms with E-state index < -0.39 is 23.0 Å². The topological polar surface area (TPSA) is 82.0 Å². The molecule has 3 N–H and O–H groups in total. The lowest BCUT2D eigenvalue weighted by Crippen LogP contribution is -2.78. The van der Waals surface area contributed by atoms with E-state index in [4.69, 9.17) is 4.74 Å². The van der Waals surface area contributed by atoms with E-state index in [0.29, 0.717) is 43.5 Å². The van der Waals surface area contributed by atoms with Crippen molar-refractivity contribution < 1.29 is 24.1 Å². The fourth-order valence-corrected chi connectivity index (χ4v) is 7.40. The highest BCUT2D eigenvalue weighted by Gasteiger charge is 2.73. The SMILES string of the molecule is C=CCN1CC[C@]23c4c5ccc(O)c4OC2C(NC(=O)C(C)c2cccc(F)c2)CC[C@@]3(O)[C@H]1C5. The second-order valence-electron chi connectivity index (χ2n) is 10.6. The van der Waals surface area contributed by atoms with E-state index in [-0.39, 0.29) is 29.6 Å². The summed E-state index contributed by atoms with van der Waals surface area (Å²) in [5, 5.41) is 26.3. The number of hydrogen-bond acceptors (Lipinski definition) is 5. The van der Waals surface area contributed by atoms with Gasteiger partial charge in [0.05, 0.1) is 23.0 Å². The number of aromatic hydroxyl groups is 1. The first-order valence-corrected chi connectivity index (χ1v) is 12.5. The van der Waals surface area contributed by atoms with Crippen molar-refractivity contribution in [2.45, 2.75) is 67.7 Å². The van der Waals surface area contributed by atoms with Crippen LogP contribution in [0.3, 0.4) is 0 Å². The average Bonchev–Trinajstić information content (AvgIpc) is 3.19. The molecular weight excluding hydrogens is 447 g/mol. The minimum absolute atomic E-state index is 0.0695. The monoisotopic (exact) mass is 478 g/mol. The van der Waals surface area contributed by atoms with Crippen LogP contribution in [0.25, 0.3) is 0 Å². The van der Waals surface area contributed by atoms with Crippen LogP contribution >= 0.6 is 0 Å². The summed E-state index contributed by atoms with van der Waals surface area (Å²) < 4.78 is 20.2. The summed E-state index contributed by atoms with van der Waals surface area (Å²) in [4.78, 5) is 15.6. The molecule has 2 aromatic carbocycles. The van der Waals surface area contributed by atoms with Crippen LogP contribution < -0.4 is 10.1 Å². The number of rotatable bonds is 5. The number of amides is 1. The molecule has 6 rings (SSSR count). The Morgan fingerprint density at radius 2 is 2.20 bits per heavy atom. The van der Waals surface area contributed by atoms with E-state index in [2.05, 4.69) is 16.8 Å². The Kier molecular flexibility index (Phi) is 5.03. The number of piperidine rings is 1. The van der Waals surface area contributed by atoms with E-state index in [0.717, 1.165) is 17.7 Å². The van der Waals surface area contributed by atoms with Crippen molar-refractivity contribution in [1.29, 1.82) is 0 Å². The van der Waals surface area contributed by atoms with Gasteiger partial charge in [-0.1, -0.05) is 24.3 Å². The van der Waals surface area contributed by atoms with E-state index >= 15 is 0 Å². The molecule has 0 radical (unpaired) electrons.